The number of epoxide rings is 1. The first-order chi connectivity index (χ1) is 5.71. The van der Waals surface area contributed by atoms with Crippen LogP contribution >= 0.6 is 0 Å². The summed E-state index contributed by atoms with van der Waals surface area (Å²) in [5.74, 6) is 2.17. The van der Waals surface area contributed by atoms with Crippen molar-refractivity contribution in [2.75, 3.05) is 0 Å². The van der Waals surface area contributed by atoms with Gasteiger partial charge in [0.25, 0.3) is 0 Å². The number of aldehydes is 1. The van der Waals surface area contributed by atoms with Crippen molar-refractivity contribution in [3.63, 3.8) is 0 Å². The lowest BCUT2D eigenvalue weighted by Gasteiger charge is -2.14. The van der Waals surface area contributed by atoms with Crippen molar-refractivity contribution in [1.29, 1.82) is 0 Å². The standard InChI is InChI=1S/C9H8O3/c1-2-9-7(11)4-3-5-8(9,6-10)12-9/h1,6H,3-5H2. The van der Waals surface area contributed by atoms with Crippen LogP contribution in [0.15, 0.2) is 0 Å². The SMILES string of the molecule is C#CC12OC1(C=O)CCCC2=O. The van der Waals surface area contributed by atoms with E-state index < -0.39 is 11.2 Å². The number of hydrogen-bond acceptors (Lipinski definition) is 3. The highest BCUT2D eigenvalue weighted by molar-refractivity contribution is 6.02. The quantitative estimate of drug-likeness (QED) is 0.313. The van der Waals surface area contributed by atoms with Gasteiger partial charge < -0.3 is 4.74 Å². The van der Waals surface area contributed by atoms with Gasteiger partial charge >= 0.3 is 0 Å². The van der Waals surface area contributed by atoms with E-state index in [0.717, 1.165) is 0 Å². The molecule has 0 bridgehead atoms. The molecule has 0 aromatic carbocycles. The fourth-order valence-corrected chi connectivity index (χ4v) is 1.85. The number of fused-ring (bicyclic) bond motifs is 1. The van der Waals surface area contributed by atoms with Gasteiger partial charge in [0.05, 0.1) is 0 Å². The van der Waals surface area contributed by atoms with Crippen LogP contribution in [0.25, 0.3) is 0 Å². The van der Waals surface area contributed by atoms with Gasteiger partial charge in [-0.1, -0.05) is 5.92 Å². The molecule has 0 aromatic heterocycles. The van der Waals surface area contributed by atoms with Gasteiger partial charge in [0.2, 0.25) is 5.60 Å². The summed E-state index contributed by atoms with van der Waals surface area (Å²) in [7, 11) is 0. The average Bonchev–Trinajstić information content (AvgIpc) is 2.77. The van der Waals surface area contributed by atoms with Crippen molar-refractivity contribution in [2.45, 2.75) is 30.5 Å². The van der Waals surface area contributed by atoms with E-state index in [2.05, 4.69) is 5.92 Å². The van der Waals surface area contributed by atoms with Gasteiger partial charge in [-0.3, -0.25) is 9.59 Å². The van der Waals surface area contributed by atoms with Crippen molar-refractivity contribution in [1.82, 2.24) is 0 Å². The van der Waals surface area contributed by atoms with Crippen molar-refractivity contribution < 1.29 is 14.3 Å². The molecule has 2 fully saturated rings. The van der Waals surface area contributed by atoms with Crippen LogP contribution in [-0.4, -0.2) is 23.3 Å². The summed E-state index contributed by atoms with van der Waals surface area (Å²) in [4.78, 5) is 22.0. The van der Waals surface area contributed by atoms with Gasteiger partial charge in [0.15, 0.2) is 17.7 Å². The Morgan fingerprint density at radius 3 is 2.92 bits per heavy atom. The lowest BCUT2D eigenvalue weighted by molar-refractivity contribution is -0.123. The molecule has 0 spiro atoms. The number of ketones is 1. The summed E-state index contributed by atoms with van der Waals surface area (Å²) in [5, 5.41) is 0. The molecule has 0 N–H and O–H groups in total. The zero-order chi connectivity index (χ0) is 8.82. The highest BCUT2D eigenvalue weighted by Crippen LogP contribution is 2.53. The molecule has 0 radical (unpaired) electrons. The Labute approximate surface area is 70.1 Å². The smallest absolute Gasteiger partial charge is 0.223 e. The summed E-state index contributed by atoms with van der Waals surface area (Å²) in [5.41, 5.74) is -2.15. The van der Waals surface area contributed by atoms with Crippen LogP contribution in [0.1, 0.15) is 19.3 Å². The summed E-state index contributed by atoms with van der Waals surface area (Å²) < 4.78 is 5.11. The zero-order valence-corrected chi connectivity index (χ0v) is 6.50. The van der Waals surface area contributed by atoms with Crippen LogP contribution in [0, 0.1) is 12.3 Å². The van der Waals surface area contributed by atoms with Gasteiger partial charge in [-0.05, 0) is 12.8 Å². The van der Waals surface area contributed by atoms with Crippen molar-refractivity contribution >= 4 is 12.1 Å². The molecule has 1 heterocycles. The highest BCUT2D eigenvalue weighted by Gasteiger charge is 2.75. The second kappa shape index (κ2) is 1.96. The first-order valence-corrected chi connectivity index (χ1v) is 3.88. The number of ether oxygens (including phenoxy) is 1. The van der Waals surface area contributed by atoms with E-state index >= 15 is 0 Å². The fraction of sp³-hybridized carbons (Fsp3) is 0.556. The van der Waals surface area contributed by atoms with Crippen LogP contribution in [-0.2, 0) is 14.3 Å². The molecular formula is C9H8O3. The summed E-state index contributed by atoms with van der Waals surface area (Å²) in [6.07, 6.45) is 7.55. The van der Waals surface area contributed by atoms with E-state index in [4.69, 9.17) is 11.2 Å². The molecule has 2 unspecified atom stereocenters. The predicted molar refractivity (Wildman–Crippen MR) is 40.3 cm³/mol. The third-order valence-electron chi connectivity index (χ3n) is 2.63. The minimum Gasteiger partial charge on any atom is -0.333 e. The van der Waals surface area contributed by atoms with Crippen LogP contribution in [0.3, 0.4) is 0 Å². The van der Waals surface area contributed by atoms with Crippen LogP contribution < -0.4 is 0 Å². The van der Waals surface area contributed by atoms with E-state index in [1.54, 1.807) is 0 Å². The van der Waals surface area contributed by atoms with E-state index in [1.807, 2.05) is 0 Å². The normalized spacial score (nSPS) is 44.4. The lowest BCUT2D eigenvalue weighted by Crippen LogP contribution is -2.37. The van der Waals surface area contributed by atoms with Crippen LogP contribution in [0.4, 0.5) is 0 Å². The van der Waals surface area contributed by atoms with Gasteiger partial charge in [0.1, 0.15) is 0 Å². The van der Waals surface area contributed by atoms with Gasteiger partial charge in [-0.25, -0.2) is 0 Å². The van der Waals surface area contributed by atoms with Gasteiger partial charge in [0, 0.05) is 6.42 Å². The van der Waals surface area contributed by atoms with E-state index in [1.165, 1.54) is 0 Å². The first-order valence-electron chi connectivity index (χ1n) is 3.88. The minimum absolute atomic E-state index is 0.122. The summed E-state index contributed by atoms with van der Waals surface area (Å²) in [6.45, 7) is 0. The molecule has 3 nitrogen and oxygen atoms in total. The molecule has 1 saturated carbocycles. The Balaban J connectivity index is 2.40. The lowest BCUT2D eigenvalue weighted by atomic mass is 9.80. The number of Topliss-reactive ketones (excluding diaryl/α,β-unsaturated/α-hetero) is 1. The molecule has 0 amide bonds. The second-order valence-corrected chi connectivity index (χ2v) is 3.21. The number of terminal acetylenes is 1. The first kappa shape index (κ1) is 7.51. The third-order valence-corrected chi connectivity index (χ3v) is 2.63. The molecule has 3 heteroatoms. The second-order valence-electron chi connectivity index (χ2n) is 3.21. The number of carbonyl (C=O) groups is 2. The van der Waals surface area contributed by atoms with E-state index in [0.29, 0.717) is 25.5 Å². The Morgan fingerprint density at radius 2 is 2.42 bits per heavy atom. The van der Waals surface area contributed by atoms with E-state index in [-0.39, 0.29) is 5.78 Å². The molecule has 2 atom stereocenters. The van der Waals surface area contributed by atoms with Gasteiger partial charge in [-0.2, -0.15) is 0 Å². The fourth-order valence-electron chi connectivity index (χ4n) is 1.85. The largest absolute Gasteiger partial charge is 0.333 e. The Morgan fingerprint density at radius 1 is 1.67 bits per heavy atom. The molecule has 1 aliphatic carbocycles. The maximum absolute atomic E-state index is 11.3. The van der Waals surface area contributed by atoms with Crippen LogP contribution in [0.2, 0.25) is 0 Å². The number of carbonyl (C=O) groups excluding carboxylic acids is 2. The number of rotatable bonds is 1. The van der Waals surface area contributed by atoms with E-state index in [9.17, 15) is 9.59 Å². The topological polar surface area (TPSA) is 46.7 Å². The zero-order valence-electron chi connectivity index (χ0n) is 6.50. The Bertz CT molecular complexity index is 301. The molecule has 2 rings (SSSR count). The molecule has 0 aromatic rings. The average molecular weight is 164 g/mol. The van der Waals surface area contributed by atoms with Gasteiger partial charge in [-0.15, -0.1) is 6.42 Å². The third kappa shape index (κ3) is 0.575. The molecule has 12 heavy (non-hydrogen) atoms. The Kier molecular flexibility index (Phi) is 1.23. The highest BCUT2D eigenvalue weighted by atomic mass is 16.6. The summed E-state index contributed by atoms with van der Waals surface area (Å²) in [6, 6.07) is 0. The Hall–Kier alpha value is -1.14. The molecular weight excluding hydrogens is 156 g/mol. The molecule has 62 valence electrons. The van der Waals surface area contributed by atoms with Crippen molar-refractivity contribution in [3.8, 4) is 12.3 Å². The predicted octanol–water partition coefficient (Wildman–Crippen LogP) is 0.0793. The van der Waals surface area contributed by atoms with Crippen LogP contribution in [0.5, 0.6) is 0 Å². The maximum Gasteiger partial charge on any atom is 0.223 e. The maximum atomic E-state index is 11.3. The summed E-state index contributed by atoms with van der Waals surface area (Å²) >= 11 is 0. The van der Waals surface area contributed by atoms with Crippen molar-refractivity contribution in [2.24, 2.45) is 0 Å². The minimum atomic E-state index is -1.19. The van der Waals surface area contributed by atoms with Crippen molar-refractivity contribution in [3.05, 3.63) is 0 Å². The molecule has 1 saturated heterocycles. The monoisotopic (exact) mass is 164 g/mol. The number of hydrogen-bond donors (Lipinski definition) is 0. The molecule has 1 aliphatic heterocycles. The molecule has 2 aliphatic rings.